The smallest absolute Gasteiger partial charge is 0.213 e. The third kappa shape index (κ3) is 2.44. The van der Waals surface area contributed by atoms with E-state index in [1.54, 1.807) is 0 Å². The zero-order chi connectivity index (χ0) is 17.7. The number of ether oxygens (including phenoxy) is 1. The number of pyridine rings is 2. The number of nitrogens with zero attached hydrogens (tertiary/aromatic N) is 3. The van der Waals surface area contributed by atoms with Crippen molar-refractivity contribution in [3.05, 3.63) is 55.0 Å². The third-order valence-electron chi connectivity index (χ3n) is 5.24. The molecule has 4 aromatic rings. The Balaban J connectivity index is 1.48. The molecule has 0 amide bonds. The Morgan fingerprint density at radius 3 is 2.62 bits per heavy atom. The van der Waals surface area contributed by atoms with Crippen molar-refractivity contribution in [2.75, 3.05) is 0 Å². The van der Waals surface area contributed by atoms with Crippen LogP contribution >= 0.6 is 0 Å². The Kier molecular flexibility index (Phi) is 3.43. The number of aliphatic hydroxyl groups excluding tert-OH is 1. The van der Waals surface area contributed by atoms with E-state index in [9.17, 15) is 5.11 Å². The van der Waals surface area contributed by atoms with Gasteiger partial charge in [-0.15, -0.1) is 0 Å². The van der Waals surface area contributed by atoms with Crippen LogP contribution in [0.5, 0.6) is 5.88 Å². The van der Waals surface area contributed by atoms with Gasteiger partial charge in [-0.2, -0.15) is 0 Å². The number of rotatable bonds is 3. The van der Waals surface area contributed by atoms with E-state index in [0.29, 0.717) is 18.7 Å². The van der Waals surface area contributed by atoms with Crippen molar-refractivity contribution >= 4 is 21.8 Å². The normalized spacial score (nSPS) is 19.6. The number of benzene rings is 1. The summed E-state index contributed by atoms with van der Waals surface area (Å²) in [6.45, 7) is 0. The Hall–Kier alpha value is -2.92. The molecule has 0 saturated heterocycles. The second-order valence-electron chi connectivity index (χ2n) is 6.93. The predicted molar refractivity (Wildman–Crippen MR) is 101 cm³/mol. The summed E-state index contributed by atoms with van der Waals surface area (Å²) >= 11 is 0. The minimum absolute atomic E-state index is 0.0871. The molecule has 5 heteroatoms. The van der Waals surface area contributed by atoms with E-state index in [4.69, 9.17) is 4.74 Å². The molecule has 0 spiro atoms. The average molecular weight is 345 g/mol. The van der Waals surface area contributed by atoms with Crippen LogP contribution in [0.3, 0.4) is 0 Å². The van der Waals surface area contributed by atoms with E-state index in [-0.39, 0.29) is 12.2 Å². The van der Waals surface area contributed by atoms with Crippen LogP contribution in [-0.4, -0.2) is 31.8 Å². The lowest BCUT2D eigenvalue weighted by molar-refractivity contribution is -0.0128. The second kappa shape index (κ2) is 5.81. The van der Waals surface area contributed by atoms with Gasteiger partial charge >= 0.3 is 0 Å². The number of hydrogen-bond acceptors (Lipinski definition) is 4. The molecule has 3 heterocycles. The van der Waals surface area contributed by atoms with Crippen molar-refractivity contribution in [1.82, 2.24) is 14.5 Å². The van der Waals surface area contributed by atoms with Crippen molar-refractivity contribution in [2.45, 2.75) is 25.0 Å². The summed E-state index contributed by atoms with van der Waals surface area (Å²) in [6, 6.07) is 12.4. The molecule has 0 bridgehead atoms. The van der Waals surface area contributed by atoms with Crippen molar-refractivity contribution in [2.24, 2.45) is 7.05 Å². The third-order valence-corrected chi connectivity index (χ3v) is 5.24. The highest BCUT2D eigenvalue weighted by Crippen LogP contribution is 2.32. The van der Waals surface area contributed by atoms with Crippen LogP contribution in [0, 0.1) is 0 Å². The fourth-order valence-electron chi connectivity index (χ4n) is 3.66. The Bertz CT molecular complexity index is 1100. The molecule has 1 saturated carbocycles. The molecule has 26 heavy (non-hydrogen) atoms. The average Bonchev–Trinajstić information content (AvgIpc) is 2.94. The first-order valence-electron chi connectivity index (χ1n) is 8.82. The Labute approximate surface area is 150 Å². The van der Waals surface area contributed by atoms with E-state index < -0.39 is 0 Å². The van der Waals surface area contributed by atoms with Gasteiger partial charge in [0.2, 0.25) is 5.88 Å². The number of hydrogen-bond donors (Lipinski definition) is 1. The van der Waals surface area contributed by atoms with Crippen LogP contribution in [0.4, 0.5) is 0 Å². The molecular weight excluding hydrogens is 326 g/mol. The minimum Gasteiger partial charge on any atom is -0.474 e. The van der Waals surface area contributed by atoms with Crippen molar-refractivity contribution in [1.29, 1.82) is 0 Å². The van der Waals surface area contributed by atoms with Gasteiger partial charge in [0.05, 0.1) is 11.6 Å². The van der Waals surface area contributed by atoms with E-state index >= 15 is 0 Å². The lowest BCUT2D eigenvalue weighted by Crippen LogP contribution is -2.37. The number of aryl methyl sites for hydroxylation is 1. The zero-order valence-corrected chi connectivity index (χ0v) is 14.5. The van der Waals surface area contributed by atoms with Crippen LogP contribution in [0.15, 0.2) is 55.0 Å². The molecular formula is C21H19N3O2. The summed E-state index contributed by atoms with van der Waals surface area (Å²) < 4.78 is 7.96. The van der Waals surface area contributed by atoms with Gasteiger partial charge in [-0.3, -0.25) is 4.98 Å². The van der Waals surface area contributed by atoms with E-state index in [1.165, 1.54) is 21.8 Å². The molecule has 0 unspecified atom stereocenters. The zero-order valence-electron chi connectivity index (χ0n) is 14.5. The van der Waals surface area contributed by atoms with Crippen LogP contribution in [0.25, 0.3) is 32.9 Å². The molecule has 1 aliphatic carbocycles. The fourth-order valence-corrected chi connectivity index (χ4v) is 3.66. The molecule has 5 nitrogen and oxygen atoms in total. The summed E-state index contributed by atoms with van der Waals surface area (Å²) in [6.07, 6.45) is 6.84. The van der Waals surface area contributed by atoms with Crippen LogP contribution in [0.2, 0.25) is 0 Å². The molecule has 1 fully saturated rings. The SMILES string of the molecule is Cn1c2ccncc2c2ccc(-c3ccc(O[C@H]4C[C@@H](O)C4)nc3)cc21. The number of aliphatic hydroxyl groups is 1. The van der Waals surface area contributed by atoms with Crippen LogP contribution in [-0.2, 0) is 7.05 Å². The highest BCUT2D eigenvalue weighted by Gasteiger charge is 2.29. The topological polar surface area (TPSA) is 60.2 Å². The monoisotopic (exact) mass is 345 g/mol. The van der Waals surface area contributed by atoms with Crippen LogP contribution < -0.4 is 4.74 Å². The quantitative estimate of drug-likeness (QED) is 0.615. The first kappa shape index (κ1) is 15.3. The van der Waals surface area contributed by atoms with Crippen molar-refractivity contribution in [3.8, 4) is 17.0 Å². The van der Waals surface area contributed by atoms with Gasteiger partial charge in [-0.1, -0.05) is 12.1 Å². The lowest BCUT2D eigenvalue weighted by atomic mass is 9.92. The first-order valence-corrected chi connectivity index (χ1v) is 8.82. The van der Waals surface area contributed by atoms with Gasteiger partial charge in [0.1, 0.15) is 6.10 Å². The van der Waals surface area contributed by atoms with Gasteiger partial charge in [0.15, 0.2) is 0 Å². The molecule has 1 aromatic carbocycles. The van der Waals surface area contributed by atoms with Crippen molar-refractivity contribution in [3.63, 3.8) is 0 Å². The molecule has 0 radical (unpaired) electrons. The van der Waals surface area contributed by atoms with Gasteiger partial charge in [0.25, 0.3) is 0 Å². The summed E-state index contributed by atoms with van der Waals surface area (Å²) in [4.78, 5) is 8.68. The van der Waals surface area contributed by atoms with Gasteiger partial charge < -0.3 is 14.4 Å². The summed E-state index contributed by atoms with van der Waals surface area (Å²) in [5, 5.41) is 11.7. The van der Waals surface area contributed by atoms with Gasteiger partial charge in [0, 0.05) is 66.4 Å². The van der Waals surface area contributed by atoms with Crippen molar-refractivity contribution < 1.29 is 9.84 Å². The maximum absolute atomic E-state index is 9.34. The first-order chi connectivity index (χ1) is 12.7. The summed E-state index contributed by atoms with van der Waals surface area (Å²) in [7, 11) is 2.08. The molecule has 130 valence electrons. The van der Waals surface area contributed by atoms with Crippen LogP contribution in [0.1, 0.15) is 12.8 Å². The molecule has 3 aromatic heterocycles. The summed E-state index contributed by atoms with van der Waals surface area (Å²) in [5.74, 6) is 0.613. The molecule has 0 atom stereocenters. The van der Waals surface area contributed by atoms with Gasteiger partial charge in [-0.25, -0.2) is 4.98 Å². The lowest BCUT2D eigenvalue weighted by Gasteiger charge is -2.31. The van der Waals surface area contributed by atoms with E-state index in [0.717, 1.165) is 11.1 Å². The maximum Gasteiger partial charge on any atom is 0.213 e. The van der Waals surface area contributed by atoms with Gasteiger partial charge in [-0.05, 0) is 23.8 Å². The van der Waals surface area contributed by atoms with E-state index in [1.807, 2.05) is 36.8 Å². The highest BCUT2D eigenvalue weighted by molar-refractivity contribution is 6.08. The highest BCUT2D eigenvalue weighted by atomic mass is 16.5. The maximum atomic E-state index is 9.34. The Morgan fingerprint density at radius 1 is 1.00 bits per heavy atom. The molecule has 0 aliphatic heterocycles. The molecule has 1 N–H and O–H groups in total. The second-order valence-corrected chi connectivity index (χ2v) is 6.93. The largest absolute Gasteiger partial charge is 0.474 e. The number of fused-ring (bicyclic) bond motifs is 3. The van der Waals surface area contributed by atoms with E-state index in [2.05, 4.69) is 39.8 Å². The standard InChI is InChI=1S/C21H19N3O2/c1-24-19-6-7-22-12-18(19)17-4-2-13(8-20(17)24)14-3-5-21(23-11-14)26-16-9-15(25)10-16/h2-8,11-12,15-16,25H,9-10H2,1H3/t15-,16+. The summed E-state index contributed by atoms with van der Waals surface area (Å²) in [5.41, 5.74) is 4.52. The predicted octanol–water partition coefficient (Wildman–Crippen LogP) is 3.69. The number of aromatic nitrogens is 3. The fraction of sp³-hybridized carbons (Fsp3) is 0.238. The molecule has 1 aliphatic rings. The Morgan fingerprint density at radius 2 is 1.85 bits per heavy atom. The minimum atomic E-state index is -0.220. The molecule has 5 rings (SSSR count).